The Kier molecular flexibility index (Phi) is 3.07. The van der Waals surface area contributed by atoms with Gasteiger partial charge >= 0.3 is 0 Å². The fourth-order valence-corrected chi connectivity index (χ4v) is 2.31. The Morgan fingerprint density at radius 1 is 1.53 bits per heavy atom. The lowest BCUT2D eigenvalue weighted by Crippen LogP contribution is -2.15. The molecule has 4 heteroatoms. The molecule has 1 aliphatic heterocycles. The smallest absolute Gasteiger partial charge is 0.0849 e. The molecule has 1 aromatic heterocycles. The zero-order chi connectivity index (χ0) is 10.8. The summed E-state index contributed by atoms with van der Waals surface area (Å²) in [6.07, 6.45) is 2.31. The van der Waals surface area contributed by atoms with Crippen molar-refractivity contribution in [3.63, 3.8) is 0 Å². The summed E-state index contributed by atoms with van der Waals surface area (Å²) >= 11 is 0. The van der Waals surface area contributed by atoms with Crippen molar-refractivity contribution in [2.45, 2.75) is 19.4 Å². The third-order valence-corrected chi connectivity index (χ3v) is 3.18. The molecular weight excluding hydrogens is 190 g/mol. The van der Waals surface area contributed by atoms with E-state index in [1.807, 2.05) is 13.1 Å². The average molecular weight is 209 g/mol. The van der Waals surface area contributed by atoms with E-state index in [1.165, 1.54) is 19.5 Å². The highest BCUT2D eigenvalue weighted by molar-refractivity contribution is 5.10. The van der Waals surface area contributed by atoms with Crippen LogP contribution in [0.1, 0.15) is 17.8 Å². The largest absolute Gasteiger partial charge is 0.390 e. The Balaban J connectivity index is 1.98. The third kappa shape index (κ3) is 2.38. The first kappa shape index (κ1) is 10.6. The first-order valence-electron chi connectivity index (χ1n) is 5.50. The zero-order valence-corrected chi connectivity index (χ0v) is 9.48. The van der Waals surface area contributed by atoms with Crippen LogP contribution in [-0.2, 0) is 20.1 Å². The summed E-state index contributed by atoms with van der Waals surface area (Å²) in [5, 5.41) is 13.5. The molecule has 0 amide bonds. The standard InChI is InChI=1S/C11H19N3O/c1-13-4-3-9(7-13)5-10-6-11(8-15)14(2)12-10/h6,9,15H,3-5,7-8H2,1-2H3. The summed E-state index contributed by atoms with van der Waals surface area (Å²) in [5.74, 6) is 0.733. The first-order chi connectivity index (χ1) is 7.19. The Bertz CT molecular complexity index is 335. The Labute approximate surface area is 90.5 Å². The number of aliphatic hydroxyl groups is 1. The van der Waals surface area contributed by atoms with Gasteiger partial charge in [-0.3, -0.25) is 4.68 Å². The van der Waals surface area contributed by atoms with Crippen molar-refractivity contribution in [2.75, 3.05) is 20.1 Å². The molecule has 1 atom stereocenters. The fraction of sp³-hybridized carbons (Fsp3) is 0.727. The second kappa shape index (κ2) is 4.33. The highest BCUT2D eigenvalue weighted by Gasteiger charge is 2.20. The van der Waals surface area contributed by atoms with E-state index in [0.29, 0.717) is 0 Å². The van der Waals surface area contributed by atoms with Crippen LogP contribution in [0.2, 0.25) is 0 Å². The first-order valence-corrected chi connectivity index (χ1v) is 5.50. The van der Waals surface area contributed by atoms with Crippen LogP contribution < -0.4 is 0 Å². The van der Waals surface area contributed by atoms with E-state index in [2.05, 4.69) is 17.0 Å². The predicted molar refractivity (Wildman–Crippen MR) is 58.4 cm³/mol. The lowest BCUT2D eigenvalue weighted by molar-refractivity contribution is 0.270. The Morgan fingerprint density at radius 3 is 2.87 bits per heavy atom. The average Bonchev–Trinajstić information content (AvgIpc) is 2.73. The lowest BCUT2D eigenvalue weighted by Gasteiger charge is -2.07. The van der Waals surface area contributed by atoms with Crippen LogP contribution >= 0.6 is 0 Å². The number of aliphatic hydroxyl groups excluding tert-OH is 1. The van der Waals surface area contributed by atoms with Crippen molar-refractivity contribution in [1.29, 1.82) is 0 Å². The lowest BCUT2D eigenvalue weighted by atomic mass is 10.0. The van der Waals surface area contributed by atoms with Gasteiger partial charge in [-0.05, 0) is 38.4 Å². The van der Waals surface area contributed by atoms with E-state index in [0.717, 1.165) is 23.7 Å². The van der Waals surface area contributed by atoms with E-state index < -0.39 is 0 Å². The molecule has 1 saturated heterocycles. The van der Waals surface area contributed by atoms with Crippen molar-refractivity contribution in [3.8, 4) is 0 Å². The molecule has 2 heterocycles. The highest BCUT2D eigenvalue weighted by atomic mass is 16.3. The van der Waals surface area contributed by atoms with Crippen LogP contribution in [0.25, 0.3) is 0 Å². The van der Waals surface area contributed by atoms with Crippen molar-refractivity contribution >= 4 is 0 Å². The van der Waals surface area contributed by atoms with E-state index in [9.17, 15) is 0 Å². The van der Waals surface area contributed by atoms with Gasteiger partial charge in [0.15, 0.2) is 0 Å². The van der Waals surface area contributed by atoms with Gasteiger partial charge in [0.2, 0.25) is 0 Å². The summed E-state index contributed by atoms with van der Waals surface area (Å²) in [7, 11) is 4.05. The molecule has 0 radical (unpaired) electrons. The summed E-state index contributed by atoms with van der Waals surface area (Å²) in [4.78, 5) is 2.36. The second-order valence-corrected chi connectivity index (χ2v) is 4.53. The summed E-state index contributed by atoms with van der Waals surface area (Å²) in [6.45, 7) is 2.45. The molecule has 0 aromatic carbocycles. The molecule has 1 N–H and O–H groups in total. The number of hydrogen-bond donors (Lipinski definition) is 1. The molecular formula is C11H19N3O. The zero-order valence-electron chi connectivity index (χ0n) is 9.48. The van der Waals surface area contributed by atoms with Crippen LogP contribution in [-0.4, -0.2) is 39.9 Å². The normalized spacial score (nSPS) is 22.5. The quantitative estimate of drug-likeness (QED) is 0.784. The monoisotopic (exact) mass is 209 g/mol. The van der Waals surface area contributed by atoms with E-state index in [4.69, 9.17) is 5.11 Å². The molecule has 0 saturated carbocycles. The maximum Gasteiger partial charge on any atom is 0.0849 e. The number of rotatable bonds is 3. The SMILES string of the molecule is CN1CCC(Cc2cc(CO)n(C)n2)C1. The fourth-order valence-electron chi connectivity index (χ4n) is 2.31. The summed E-state index contributed by atoms with van der Waals surface area (Å²) in [5.41, 5.74) is 2.01. The van der Waals surface area contributed by atoms with Crippen LogP contribution in [0.3, 0.4) is 0 Å². The van der Waals surface area contributed by atoms with Gasteiger partial charge in [0.05, 0.1) is 18.0 Å². The Morgan fingerprint density at radius 2 is 2.33 bits per heavy atom. The highest BCUT2D eigenvalue weighted by Crippen LogP contribution is 2.19. The van der Waals surface area contributed by atoms with Gasteiger partial charge in [-0.25, -0.2) is 0 Å². The van der Waals surface area contributed by atoms with Crippen molar-refractivity contribution in [2.24, 2.45) is 13.0 Å². The van der Waals surface area contributed by atoms with Gasteiger partial charge < -0.3 is 10.0 Å². The minimum absolute atomic E-state index is 0.0774. The van der Waals surface area contributed by atoms with E-state index >= 15 is 0 Å². The van der Waals surface area contributed by atoms with Gasteiger partial charge in [0.1, 0.15) is 0 Å². The number of likely N-dealkylation sites (tertiary alicyclic amines) is 1. The molecule has 0 aliphatic carbocycles. The van der Waals surface area contributed by atoms with Gasteiger partial charge in [-0.15, -0.1) is 0 Å². The number of aryl methyl sites for hydroxylation is 1. The van der Waals surface area contributed by atoms with Crippen LogP contribution in [0.5, 0.6) is 0 Å². The minimum atomic E-state index is 0.0774. The van der Waals surface area contributed by atoms with Crippen molar-refractivity contribution in [3.05, 3.63) is 17.5 Å². The van der Waals surface area contributed by atoms with Crippen LogP contribution in [0.4, 0.5) is 0 Å². The third-order valence-electron chi connectivity index (χ3n) is 3.18. The summed E-state index contributed by atoms with van der Waals surface area (Å²) in [6, 6.07) is 2.01. The summed E-state index contributed by atoms with van der Waals surface area (Å²) < 4.78 is 1.77. The molecule has 84 valence electrons. The number of nitrogens with zero attached hydrogens (tertiary/aromatic N) is 3. The topological polar surface area (TPSA) is 41.3 Å². The number of aromatic nitrogens is 2. The maximum absolute atomic E-state index is 9.07. The van der Waals surface area contributed by atoms with E-state index in [1.54, 1.807) is 4.68 Å². The molecule has 0 bridgehead atoms. The van der Waals surface area contributed by atoms with Gasteiger partial charge in [0, 0.05) is 13.6 Å². The predicted octanol–water partition coefficient (Wildman–Crippen LogP) is 0.407. The van der Waals surface area contributed by atoms with Gasteiger partial charge in [0.25, 0.3) is 0 Å². The molecule has 1 unspecified atom stereocenters. The second-order valence-electron chi connectivity index (χ2n) is 4.53. The Hall–Kier alpha value is -0.870. The molecule has 1 aliphatic rings. The van der Waals surface area contributed by atoms with Gasteiger partial charge in [-0.2, -0.15) is 5.10 Å². The molecule has 0 spiro atoms. The van der Waals surface area contributed by atoms with E-state index in [-0.39, 0.29) is 6.61 Å². The molecule has 4 nitrogen and oxygen atoms in total. The van der Waals surface area contributed by atoms with Crippen LogP contribution in [0.15, 0.2) is 6.07 Å². The molecule has 2 rings (SSSR count). The molecule has 1 fully saturated rings. The van der Waals surface area contributed by atoms with Gasteiger partial charge in [-0.1, -0.05) is 0 Å². The minimum Gasteiger partial charge on any atom is -0.390 e. The number of hydrogen-bond acceptors (Lipinski definition) is 3. The van der Waals surface area contributed by atoms with Crippen molar-refractivity contribution < 1.29 is 5.11 Å². The van der Waals surface area contributed by atoms with Crippen LogP contribution in [0, 0.1) is 5.92 Å². The maximum atomic E-state index is 9.07. The van der Waals surface area contributed by atoms with Crippen molar-refractivity contribution in [1.82, 2.24) is 14.7 Å². The molecule has 15 heavy (non-hydrogen) atoms. The molecule has 1 aromatic rings.